The predicted molar refractivity (Wildman–Crippen MR) is 78.7 cm³/mol. The normalized spacial score (nSPS) is 33.3. The molecule has 1 saturated heterocycles. The van der Waals surface area contributed by atoms with E-state index in [2.05, 4.69) is 10.3 Å². The number of likely N-dealkylation sites (tertiary alicyclic amines) is 1. The highest BCUT2D eigenvalue weighted by Gasteiger charge is 2.35. The average Bonchev–Trinajstić information content (AvgIpc) is 2.97. The van der Waals surface area contributed by atoms with Crippen LogP contribution in [0, 0.1) is 5.92 Å². The minimum Gasteiger partial charge on any atom is -0.339 e. The van der Waals surface area contributed by atoms with Crippen LogP contribution in [0.3, 0.4) is 0 Å². The lowest BCUT2D eigenvalue weighted by atomic mass is 9.78. The zero-order chi connectivity index (χ0) is 13.1. The Morgan fingerprint density at radius 3 is 2.42 bits per heavy atom. The fourth-order valence-electron chi connectivity index (χ4n) is 4.29. The molecule has 0 aromatic heterocycles. The number of fused-ring (bicyclic) bond motifs is 1. The number of hydrogen-bond donors (Lipinski definition) is 2. The van der Waals surface area contributed by atoms with E-state index in [1.165, 1.54) is 64.2 Å². The molecule has 0 bridgehead atoms. The lowest BCUT2D eigenvalue weighted by Crippen LogP contribution is -2.55. The van der Waals surface area contributed by atoms with E-state index in [0.717, 1.165) is 18.4 Å². The van der Waals surface area contributed by atoms with E-state index in [0.29, 0.717) is 12.1 Å². The number of nitrogens with two attached hydrogens (primary N) is 1. The van der Waals surface area contributed by atoms with Gasteiger partial charge in [0, 0.05) is 12.6 Å². The molecule has 3 N–H and O–H groups in total. The van der Waals surface area contributed by atoms with E-state index in [4.69, 9.17) is 10.8 Å². The molecule has 4 nitrogen and oxygen atoms in total. The first-order valence-corrected chi connectivity index (χ1v) is 8.19. The van der Waals surface area contributed by atoms with Crippen molar-refractivity contribution in [3.05, 3.63) is 0 Å². The number of hydrogen-bond acceptors (Lipinski definition) is 2. The van der Waals surface area contributed by atoms with Gasteiger partial charge in [0.25, 0.3) is 0 Å². The summed E-state index contributed by atoms with van der Waals surface area (Å²) < 4.78 is 0. The summed E-state index contributed by atoms with van der Waals surface area (Å²) in [5.74, 6) is 7.64. The molecular formula is C15H28N4. The fourth-order valence-corrected chi connectivity index (χ4v) is 4.29. The fraction of sp³-hybridized carbons (Fsp3) is 0.933. The first-order valence-electron chi connectivity index (χ1n) is 8.19. The Balaban J connectivity index is 1.73. The quantitative estimate of drug-likeness (QED) is 0.331. The van der Waals surface area contributed by atoms with Crippen LogP contribution < -0.4 is 11.3 Å². The lowest BCUT2D eigenvalue weighted by Gasteiger charge is -2.45. The highest BCUT2D eigenvalue weighted by molar-refractivity contribution is 5.80. The Bertz CT molecular complexity index is 320. The highest BCUT2D eigenvalue weighted by atomic mass is 15.4. The first-order chi connectivity index (χ1) is 9.38. The van der Waals surface area contributed by atoms with Crippen LogP contribution in [-0.4, -0.2) is 29.5 Å². The molecule has 1 heterocycles. The molecule has 3 rings (SSSR count). The van der Waals surface area contributed by atoms with Gasteiger partial charge < -0.3 is 4.90 Å². The SMILES string of the molecule is NNC(=NC1CCCC1)N1CCC[C@H]2CCCC[C@H]21. The summed E-state index contributed by atoms with van der Waals surface area (Å²) in [5, 5.41) is 0. The lowest BCUT2D eigenvalue weighted by molar-refractivity contribution is 0.115. The maximum Gasteiger partial charge on any atom is 0.208 e. The molecular weight excluding hydrogens is 236 g/mol. The first kappa shape index (κ1) is 13.2. The summed E-state index contributed by atoms with van der Waals surface area (Å²) in [5.41, 5.74) is 2.91. The van der Waals surface area contributed by atoms with E-state index in [1.807, 2.05) is 0 Å². The maximum absolute atomic E-state index is 5.78. The molecule has 3 fully saturated rings. The van der Waals surface area contributed by atoms with Gasteiger partial charge in [-0.3, -0.25) is 5.43 Å². The molecule has 2 saturated carbocycles. The van der Waals surface area contributed by atoms with Crippen LogP contribution in [-0.2, 0) is 0 Å². The average molecular weight is 264 g/mol. The van der Waals surface area contributed by atoms with Gasteiger partial charge in [-0.1, -0.05) is 25.7 Å². The van der Waals surface area contributed by atoms with E-state index >= 15 is 0 Å². The second-order valence-corrected chi connectivity index (χ2v) is 6.48. The minimum atomic E-state index is 0.509. The summed E-state index contributed by atoms with van der Waals surface area (Å²) in [6.45, 7) is 1.14. The van der Waals surface area contributed by atoms with E-state index in [1.54, 1.807) is 0 Å². The van der Waals surface area contributed by atoms with Gasteiger partial charge in [0.05, 0.1) is 6.04 Å². The summed E-state index contributed by atoms with van der Waals surface area (Å²) in [6, 6.07) is 1.20. The molecule has 3 aliphatic rings. The van der Waals surface area contributed by atoms with E-state index in [9.17, 15) is 0 Å². The number of guanidine groups is 1. The van der Waals surface area contributed by atoms with Crippen LogP contribution in [0.2, 0.25) is 0 Å². The Labute approximate surface area is 116 Å². The molecule has 0 radical (unpaired) electrons. The van der Waals surface area contributed by atoms with Crippen LogP contribution in [0.1, 0.15) is 64.2 Å². The molecule has 4 heteroatoms. The largest absolute Gasteiger partial charge is 0.339 e. The Morgan fingerprint density at radius 1 is 0.947 bits per heavy atom. The van der Waals surface area contributed by atoms with E-state index in [-0.39, 0.29) is 0 Å². The van der Waals surface area contributed by atoms with Crippen molar-refractivity contribution in [3.63, 3.8) is 0 Å². The second kappa shape index (κ2) is 6.12. The van der Waals surface area contributed by atoms with Crippen molar-refractivity contribution in [1.82, 2.24) is 10.3 Å². The minimum absolute atomic E-state index is 0.509. The monoisotopic (exact) mass is 264 g/mol. The second-order valence-electron chi connectivity index (χ2n) is 6.48. The number of rotatable bonds is 1. The number of nitrogens with zero attached hydrogens (tertiary/aromatic N) is 2. The summed E-state index contributed by atoms with van der Waals surface area (Å²) in [7, 11) is 0. The predicted octanol–water partition coefficient (Wildman–Crippen LogP) is 2.40. The highest BCUT2D eigenvalue weighted by Crippen LogP contribution is 2.35. The summed E-state index contributed by atoms with van der Waals surface area (Å²) in [4.78, 5) is 7.41. The van der Waals surface area contributed by atoms with Crippen molar-refractivity contribution in [3.8, 4) is 0 Å². The van der Waals surface area contributed by atoms with Crippen LogP contribution in [0.4, 0.5) is 0 Å². The smallest absolute Gasteiger partial charge is 0.208 e. The van der Waals surface area contributed by atoms with Gasteiger partial charge in [-0.2, -0.15) is 0 Å². The third-order valence-electron chi connectivity index (χ3n) is 5.27. The van der Waals surface area contributed by atoms with Crippen molar-refractivity contribution >= 4 is 5.96 Å². The maximum atomic E-state index is 5.78. The van der Waals surface area contributed by atoms with Crippen molar-refractivity contribution in [2.24, 2.45) is 16.8 Å². The van der Waals surface area contributed by atoms with Crippen LogP contribution in [0.25, 0.3) is 0 Å². The van der Waals surface area contributed by atoms with Gasteiger partial charge in [-0.25, -0.2) is 10.8 Å². The molecule has 0 aromatic rings. The Kier molecular flexibility index (Phi) is 4.26. The van der Waals surface area contributed by atoms with Crippen molar-refractivity contribution in [1.29, 1.82) is 0 Å². The molecule has 2 aliphatic carbocycles. The third kappa shape index (κ3) is 2.88. The van der Waals surface area contributed by atoms with Crippen molar-refractivity contribution in [2.75, 3.05) is 6.54 Å². The number of aliphatic imine (C=N–C) groups is 1. The molecule has 0 amide bonds. The molecule has 0 aromatic carbocycles. The van der Waals surface area contributed by atoms with E-state index < -0.39 is 0 Å². The summed E-state index contributed by atoms with van der Waals surface area (Å²) in [6.07, 6.45) is 13.4. The van der Waals surface area contributed by atoms with Gasteiger partial charge >= 0.3 is 0 Å². The number of piperidine rings is 1. The molecule has 0 unspecified atom stereocenters. The molecule has 1 aliphatic heterocycles. The van der Waals surface area contributed by atoms with Crippen LogP contribution in [0.5, 0.6) is 0 Å². The van der Waals surface area contributed by atoms with Crippen LogP contribution in [0.15, 0.2) is 4.99 Å². The standard InChI is InChI=1S/C15H28N4/c16-18-15(17-13-8-2-3-9-13)19-11-5-7-12-6-1-4-10-14(12)19/h12-14H,1-11,16H2,(H,17,18)/t12-,14-/m1/s1. The van der Waals surface area contributed by atoms with Crippen molar-refractivity contribution in [2.45, 2.75) is 76.3 Å². The Morgan fingerprint density at radius 2 is 1.63 bits per heavy atom. The Hall–Kier alpha value is -0.770. The zero-order valence-corrected chi connectivity index (χ0v) is 12.0. The van der Waals surface area contributed by atoms with Gasteiger partial charge in [-0.05, 0) is 44.4 Å². The van der Waals surface area contributed by atoms with Gasteiger partial charge in [0.15, 0.2) is 0 Å². The van der Waals surface area contributed by atoms with Gasteiger partial charge in [-0.15, -0.1) is 0 Å². The van der Waals surface area contributed by atoms with Gasteiger partial charge in [0.1, 0.15) is 0 Å². The third-order valence-corrected chi connectivity index (χ3v) is 5.27. The summed E-state index contributed by atoms with van der Waals surface area (Å²) >= 11 is 0. The molecule has 0 spiro atoms. The molecule has 2 atom stereocenters. The molecule has 108 valence electrons. The van der Waals surface area contributed by atoms with Crippen molar-refractivity contribution < 1.29 is 0 Å². The number of nitrogens with one attached hydrogen (secondary N) is 1. The van der Waals surface area contributed by atoms with Crippen LogP contribution >= 0.6 is 0 Å². The molecule has 19 heavy (non-hydrogen) atoms. The zero-order valence-electron chi connectivity index (χ0n) is 12.0. The number of hydrazine groups is 1. The van der Waals surface area contributed by atoms with Gasteiger partial charge in [0.2, 0.25) is 5.96 Å². The topological polar surface area (TPSA) is 53.6 Å².